The first kappa shape index (κ1) is 23.5. The molecule has 1 aliphatic rings. The van der Waals surface area contributed by atoms with Crippen LogP contribution >= 0.6 is 27.3 Å². The molecule has 1 fully saturated rings. The third-order valence-corrected chi connectivity index (χ3v) is 7.03. The van der Waals surface area contributed by atoms with E-state index in [1.807, 2.05) is 32.9 Å². The molecule has 0 atom stereocenters. The molecule has 0 bridgehead atoms. The molecule has 3 aromatic rings. The van der Waals surface area contributed by atoms with Crippen molar-refractivity contribution in [2.24, 2.45) is 0 Å². The first-order chi connectivity index (χ1) is 15.6. The Hall–Kier alpha value is -2.65. The lowest BCUT2D eigenvalue weighted by molar-refractivity contribution is 0.0240. The molecule has 0 spiro atoms. The predicted molar refractivity (Wildman–Crippen MR) is 135 cm³/mol. The zero-order valence-corrected chi connectivity index (χ0v) is 21.2. The maximum atomic E-state index is 14.5. The number of piperazine rings is 1. The van der Waals surface area contributed by atoms with Crippen molar-refractivity contribution in [1.29, 1.82) is 0 Å². The van der Waals surface area contributed by atoms with E-state index in [0.29, 0.717) is 24.3 Å². The average molecular weight is 533 g/mol. The van der Waals surface area contributed by atoms with Gasteiger partial charge in [-0.3, -0.25) is 0 Å². The summed E-state index contributed by atoms with van der Waals surface area (Å²) in [5.41, 5.74) is 8.28. The molecule has 0 aliphatic carbocycles. The number of amides is 1. The number of carbonyl (C=O) groups is 1. The Morgan fingerprint density at radius 3 is 2.42 bits per heavy atom. The third kappa shape index (κ3) is 5.30. The van der Waals surface area contributed by atoms with Crippen molar-refractivity contribution in [3.8, 4) is 21.8 Å². The summed E-state index contributed by atoms with van der Waals surface area (Å²) in [6, 6.07) is 13.1. The van der Waals surface area contributed by atoms with E-state index in [0.717, 1.165) is 33.1 Å². The van der Waals surface area contributed by atoms with Crippen molar-refractivity contribution in [1.82, 2.24) is 9.88 Å². The van der Waals surface area contributed by atoms with Crippen LogP contribution < -0.4 is 10.6 Å². The maximum absolute atomic E-state index is 14.5. The van der Waals surface area contributed by atoms with Gasteiger partial charge >= 0.3 is 6.09 Å². The normalized spacial score (nSPS) is 14.5. The van der Waals surface area contributed by atoms with Gasteiger partial charge in [-0.1, -0.05) is 6.07 Å². The molecule has 4 rings (SSSR count). The summed E-state index contributed by atoms with van der Waals surface area (Å²) in [5.74, 6) is -0.462. The minimum atomic E-state index is -0.492. The van der Waals surface area contributed by atoms with Gasteiger partial charge in [-0.25, -0.2) is 14.2 Å². The number of nitrogens with zero attached hydrogens (tertiary/aromatic N) is 3. The van der Waals surface area contributed by atoms with E-state index in [-0.39, 0.29) is 11.8 Å². The molecule has 0 saturated carbocycles. The summed E-state index contributed by atoms with van der Waals surface area (Å²) in [7, 11) is 0. The van der Waals surface area contributed by atoms with Gasteiger partial charge in [-0.2, -0.15) is 0 Å². The highest BCUT2D eigenvalue weighted by Gasteiger charge is 2.26. The van der Waals surface area contributed by atoms with E-state index < -0.39 is 11.4 Å². The molecule has 6 nitrogen and oxygen atoms in total. The highest BCUT2D eigenvalue weighted by Crippen LogP contribution is 2.39. The van der Waals surface area contributed by atoms with Gasteiger partial charge in [0.2, 0.25) is 0 Å². The topological polar surface area (TPSA) is 71.7 Å². The van der Waals surface area contributed by atoms with Crippen LogP contribution in [0.2, 0.25) is 0 Å². The fourth-order valence-corrected chi connectivity index (χ4v) is 5.19. The van der Waals surface area contributed by atoms with Crippen LogP contribution in [0.25, 0.3) is 21.8 Å². The van der Waals surface area contributed by atoms with Gasteiger partial charge < -0.3 is 20.3 Å². The minimum absolute atomic E-state index is 0.102. The predicted octanol–water partition coefficient (Wildman–Crippen LogP) is 6.02. The highest BCUT2D eigenvalue weighted by atomic mass is 79.9. The first-order valence-electron chi connectivity index (χ1n) is 10.7. The largest absolute Gasteiger partial charge is 0.444 e. The molecule has 1 aromatic heterocycles. The first-order valence-corrected chi connectivity index (χ1v) is 12.3. The van der Waals surface area contributed by atoms with Crippen molar-refractivity contribution in [2.75, 3.05) is 36.8 Å². The molecular weight excluding hydrogens is 507 g/mol. The summed E-state index contributed by atoms with van der Waals surface area (Å²) in [6.07, 6.45) is -0.265. The van der Waals surface area contributed by atoms with Crippen molar-refractivity contribution in [3.05, 3.63) is 52.1 Å². The average Bonchev–Trinajstić information content (AvgIpc) is 3.16. The van der Waals surface area contributed by atoms with E-state index in [2.05, 4.69) is 37.9 Å². The molecule has 2 heterocycles. The van der Waals surface area contributed by atoms with Gasteiger partial charge in [0.25, 0.3) is 0 Å². The zero-order valence-electron chi connectivity index (χ0n) is 18.8. The SMILES string of the molecule is CC(C)(C)OC(=O)N1CCN(c2ccc(-c3nc(-c4cccc(N)c4F)c(Br)s3)cc2)CC1. The molecule has 1 aliphatic heterocycles. The number of rotatable bonds is 3. The molecule has 9 heteroatoms. The van der Waals surface area contributed by atoms with Crippen LogP contribution in [0.4, 0.5) is 20.6 Å². The lowest BCUT2D eigenvalue weighted by atomic mass is 10.1. The lowest BCUT2D eigenvalue weighted by Gasteiger charge is -2.36. The van der Waals surface area contributed by atoms with Crippen LogP contribution in [0.5, 0.6) is 0 Å². The van der Waals surface area contributed by atoms with Gasteiger partial charge in [0.15, 0.2) is 5.82 Å². The van der Waals surface area contributed by atoms with Gasteiger partial charge in [0.1, 0.15) is 10.6 Å². The number of hydrogen-bond donors (Lipinski definition) is 1. The summed E-state index contributed by atoms with van der Waals surface area (Å²) < 4.78 is 20.7. The van der Waals surface area contributed by atoms with Gasteiger partial charge in [0.05, 0.1) is 15.2 Å². The summed E-state index contributed by atoms with van der Waals surface area (Å²) in [5, 5.41) is 0.792. The molecule has 0 unspecified atom stereocenters. The van der Waals surface area contributed by atoms with Gasteiger partial charge in [0, 0.05) is 43.0 Å². The molecular formula is C24H26BrFN4O2S. The van der Waals surface area contributed by atoms with Crippen molar-refractivity contribution in [2.45, 2.75) is 26.4 Å². The van der Waals surface area contributed by atoms with E-state index in [1.54, 1.807) is 17.0 Å². The number of ether oxygens (including phenoxy) is 1. The number of thiazole rings is 1. The minimum Gasteiger partial charge on any atom is -0.444 e. The number of anilines is 2. The maximum Gasteiger partial charge on any atom is 0.410 e. The van der Waals surface area contributed by atoms with Crippen molar-refractivity contribution in [3.63, 3.8) is 0 Å². The molecule has 33 heavy (non-hydrogen) atoms. The Balaban J connectivity index is 1.45. The van der Waals surface area contributed by atoms with Gasteiger partial charge in [-0.05, 0) is 73.1 Å². The monoisotopic (exact) mass is 532 g/mol. The number of hydrogen-bond acceptors (Lipinski definition) is 6. The van der Waals surface area contributed by atoms with Crippen LogP contribution in [0.15, 0.2) is 46.3 Å². The number of benzene rings is 2. The molecule has 1 amide bonds. The highest BCUT2D eigenvalue weighted by molar-refractivity contribution is 9.11. The number of nitrogens with two attached hydrogens (primary N) is 1. The van der Waals surface area contributed by atoms with Crippen molar-refractivity contribution < 1.29 is 13.9 Å². The Kier molecular flexibility index (Phi) is 6.63. The standard InChI is InChI=1S/C24H26BrFN4O2S/c1-24(2,3)32-23(31)30-13-11-29(12-14-30)16-9-7-15(8-10-16)22-28-20(21(25)33-22)17-5-4-6-18(27)19(17)26/h4-10H,11-14,27H2,1-3H3. The molecule has 1 saturated heterocycles. The molecule has 2 aromatic carbocycles. The second kappa shape index (κ2) is 9.30. The number of nitrogen functional groups attached to an aromatic ring is 1. The van der Waals surface area contributed by atoms with E-state index in [9.17, 15) is 9.18 Å². The smallest absolute Gasteiger partial charge is 0.410 e. The lowest BCUT2D eigenvalue weighted by Crippen LogP contribution is -2.50. The third-order valence-electron chi connectivity index (χ3n) is 5.28. The molecule has 0 radical (unpaired) electrons. The second-order valence-corrected chi connectivity index (χ2v) is 11.2. The second-order valence-electron chi connectivity index (χ2n) is 8.85. The van der Waals surface area contributed by atoms with Crippen LogP contribution in [0.3, 0.4) is 0 Å². The zero-order chi connectivity index (χ0) is 23.8. The number of aromatic nitrogens is 1. The Bertz CT molecular complexity index is 1150. The molecule has 2 N–H and O–H groups in total. The number of carbonyl (C=O) groups excluding carboxylic acids is 1. The van der Waals surface area contributed by atoms with E-state index >= 15 is 0 Å². The van der Waals surface area contributed by atoms with Crippen LogP contribution in [0.1, 0.15) is 20.8 Å². The quantitative estimate of drug-likeness (QED) is 0.417. The summed E-state index contributed by atoms with van der Waals surface area (Å²) in [6.45, 7) is 8.33. The Morgan fingerprint density at radius 1 is 1.12 bits per heavy atom. The van der Waals surface area contributed by atoms with Crippen LogP contribution in [0, 0.1) is 5.82 Å². The fraction of sp³-hybridized carbons (Fsp3) is 0.333. The number of halogens is 2. The Morgan fingerprint density at radius 2 is 1.79 bits per heavy atom. The van der Waals surface area contributed by atoms with E-state index in [1.165, 1.54) is 17.4 Å². The fourth-order valence-electron chi connectivity index (χ4n) is 3.61. The van der Waals surface area contributed by atoms with E-state index in [4.69, 9.17) is 10.5 Å². The molecule has 174 valence electrons. The van der Waals surface area contributed by atoms with Crippen molar-refractivity contribution >= 4 is 44.7 Å². The summed E-state index contributed by atoms with van der Waals surface area (Å²) in [4.78, 5) is 20.9. The van der Waals surface area contributed by atoms with Crippen LogP contribution in [-0.4, -0.2) is 47.8 Å². The van der Waals surface area contributed by atoms with Gasteiger partial charge in [-0.15, -0.1) is 11.3 Å². The summed E-state index contributed by atoms with van der Waals surface area (Å²) >= 11 is 4.97. The Labute approximate surface area is 205 Å². The van der Waals surface area contributed by atoms with Crippen LogP contribution in [-0.2, 0) is 4.74 Å².